The molecule has 46 heavy (non-hydrogen) atoms. The first-order chi connectivity index (χ1) is 22.4. The van der Waals surface area contributed by atoms with E-state index in [9.17, 15) is 14.4 Å². The lowest BCUT2D eigenvalue weighted by atomic mass is 9.99. The first kappa shape index (κ1) is 33.0. The van der Waals surface area contributed by atoms with Gasteiger partial charge in [-0.3, -0.25) is 24.2 Å². The lowest BCUT2D eigenvalue weighted by molar-refractivity contribution is -0.125. The summed E-state index contributed by atoms with van der Waals surface area (Å²) in [7, 11) is 3.12. The first-order valence-corrected chi connectivity index (χ1v) is 16.0. The average molecular weight is 629 g/mol. The third-order valence-corrected chi connectivity index (χ3v) is 8.93. The molecule has 5 rings (SSSR count). The molecule has 0 radical (unpaired) electrons. The van der Waals surface area contributed by atoms with E-state index in [2.05, 4.69) is 46.3 Å². The molecule has 1 unspecified atom stereocenters. The van der Waals surface area contributed by atoms with Crippen LogP contribution in [0.4, 0.5) is 5.69 Å². The number of ether oxygens (including phenoxy) is 3. The highest BCUT2D eigenvalue weighted by Crippen LogP contribution is 2.40. The fraction of sp³-hybridized carbons (Fsp3) is 0.417. The summed E-state index contributed by atoms with van der Waals surface area (Å²) in [5.41, 5.74) is 3.69. The highest BCUT2D eigenvalue weighted by molar-refractivity contribution is 6.24. The van der Waals surface area contributed by atoms with Crippen molar-refractivity contribution in [1.82, 2.24) is 15.1 Å². The average Bonchev–Trinajstić information content (AvgIpc) is 3.36. The van der Waals surface area contributed by atoms with E-state index in [1.54, 1.807) is 26.4 Å². The molecule has 1 N–H and O–H groups in total. The zero-order valence-corrected chi connectivity index (χ0v) is 27.2. The van der Waals surface area contributed by atoms with Crippen molar-refractivity contribution in [3.05, 3.63) is 89.0 Å². The molecule has 1 fully saturated rings. The van der Waals surface area contributed by atoms with Crippen LogP contribution in [-0.2, 0) is 9.53 Å². The standard InChI is InChI=1S/C36H44N4O6/c1-5-46-24-33(41)37-18-10-15-29(27-16-17-31(44-3)32(23-27)45-4)40-35(42)28-13-9-14-30(34(28)36(40)43)39-21-19-38(20-22-39)25(2)26-11-7-6-8-12-26/h6-9,11-14,16-17,23,25,29H,5,10,15,18-22,24H2,1-4H3,(H,37,41)/t25-,29?/m1/s1. The Morgan fingerprint density at radius 2 is 1.61 bits per heavy atom. The highest BCUT2D eigenvalue weighted by Gasteiger charge is 2.43. The summed E-state index contributed by atoms with van der Waals surface area (Å²) in [6, 6.07) is 21.2. The summed E-state index contributed by atoms with van der Waals surface area (Å²) in [5, 5.41) is 2.86. The van der Waals surface area contributed by atoms with Crippen molar-refractivity contribution in [2.75, 3.05) is 65.1 Å². The topological polar surface area (TPSA) is 101 Å². The van der Waals surface area contributed by atoms with Gasteiger partial charge < -0.3 is 24.4 Å². The Kier molecular flexibility index (Phi) is 10.9. The molecule has 2 aliphatic rings. The van der Waals surface area contributed by atoms with Crippen LogP contribution in [0.3, 0.4) is 0 Å². The van der Waals surface area contributed by atoms with Gasteiger partial charge >= 0.3 is 0 Å². The molecule has 10 heteroatoms. The number of imide groups is 1. The Labute approximate surface area is 271 Å². The SMILES string of the molecule is CCOCC(=O)NCCCC(c1ccc(OC)c(OC)c1)N1C(=O)c2cccc(N3CCN([C@H](C)c4ccccc4)CC3)c2C1=O. The summed E-state index contributed by atoms with van der Waals surface area (Å²) in [4.78, 5) is 46.5. The number of piperazine rings is 1. The zero-order chi connectivity index (χ0) is 32.6. The Hall–Kier alpha value is -4.41. The van der Waals surface area contributed by atoms with Crippen LogP contribution < -0.4 is 19.7 Å². The highest BCUT2D eigenvalue weighted by atomic mass is 16.5. The fourth-order valence-electron chi connectivity index (χ4n) is 6.40. The van der Waals surface area contributed by atoms with Gasteiger partial charge in [-0.2, -0.15) is 0 Å². The van der Waals surface area contributed by atoms with Crippen molar-refractivity contribution in [1.29, 1.82) is 0 Å². The van der Waals surface area contributed by atoms with Gasteiger partial charge in [0.05, 0.1) is 37.1 Å². The quantitative estimate of drug-likeness (QED) is 0.200. The van der Waals surface area contributed by atoms with Crippen molar-refractivity contribution >= 4 is 23.4 Å². The number of nitrogens with one attached hydrogen (secondary N) is 1. The molecule has 0 aromatic heterocycles. The molecular weight excluding hydrogens is 584 g/mol. The van der Waals surface area contributed by atoms with Crippen LogP contribution in [0.25, 0.3) is 0 Å². The maximum Gasteiger partial charge on any atom is 0.264 e. The second-order valence-corrected chi connectivity index (χ2v) is 11.5. The lowest BCUT2D eigenvalue weighted by Crippen LogP contribution is -2.47. The molecule has 2 heterocycles. The molecule has 244 valence electrons. The molecule has 0 spiro atoms. The van der Waals surface area contributed by atoms with Gasteiger partial charge in [-0.25, -0.2) is 0 Å². The number of methoxy groups -OCH3 is 2. The number of amides is 3. The second-order valence-electron chi connectivity index (χ2n) is 11.5. The fourth-order valence-corrected chi connectivity index (χ4v) is 6.40. The van der Waals surface area contributed by atoms with Crippen LogP contribution in [-0.4, -0.2) is 87.7 Å². The summed E-state index contributed by atoms with van der Waals surface area (Å²) < 4.78 is 16.2. The molecule has 0 bridgehead atoms. The largest absolute Gasteiger partial charge is 0.493 e. The van der Waals surface area contributed by atoms with Crippen molar-refractivity contribution < 1.29 is 28.6 Å². The van der Waals surface area contributed by atoms with E-state index in [0.717, 1.165) is 37.4 Å². The lowest BCUT2D eigenvalue weighted by Gasteiger charge is -2.39. The van der Waals surface area contributed by atoms with E-state index in [1.807, 2.05) is 37.3 Å². The van der Waals surface area contributed by atoms with Gasteiger partial charge in [0.1, 0.15) is 6.61 Å². The van der Waals surface area contributed by atoms with Crippen LogP contribution in [0.2, 0.25) is 0 Å². The smallest absolute Gasteiger partial charge is 0.264 e. The van der Waals surface area contributed by atoms with E-state index in [0.29, 0.717) is 48.6 Å². The summed E-state index contributed by atoms with van der Waals surface area (Å²) in [5.74, 6) is 0.232. The second kappa shape index (κ2) is 15.2. The maximum absolute atomic E-state index is 14.3. The van der Waals surface area contributed by atoms with Crippen molar-refractivity contribution in [3.63, 3.8) is 0 Å². The number of rotatable bonds is 14. The zero-order valence-electron chi connectivity index (χ0n) is 27.2. The van der Waals surface area contributed by atoms with Crippen molar-refractivity contribution in [3.8, 4) is 11.5 Å². The number of hydrogen-bond donors (Lipinski definition) is 1. The Morgan fingerprint density at radius 3 is 2.30 bits per heavy atom. The van der Waals surface area contributed by atoms with Gasteiger partial charge in [0.15, 0.2) is 11.5 Å². The number of anilines is 1. The number of carbonyl (C=O) groups is 3. The molecule has 2 atom stereocenters. The number of carbonyl (C=O) groups excluding carboxylic acids is 3. The number of hydrogen-bond acceptors (Lipinski definition) is 8. The minimum atomic E-state index is -0.576. The number of fused-ring (bicyclic) bond motifs is 1. The van der Waals surface area contributed by atoms with Crippen LogP contribution in [0.5, 0.6) is 11.5 Å². The van der Waals surface area contributed by atoms with Crippen molar-refractivity contribution in [2.45, 2.75) is 38.8 Å². The van der Waals surface area contributed by atoms with Gasteiger partial charge in [-0.1, -0.05) is 42.5 Å². The minimum absolute atomic E-state index is 0.00375. The Balaban J connectivity index is 1.37. The summed E-state index contributed by atoms with van der Waals surface area (Å²) in [6.45, 7) is 8.07. The molecule has 0 saturated carbocycles. The Bertz CT molecular complexity index is 1520. The third-order valence-electron chi connectivity index (χ3n) is 8.93. The summed E-state index contributed by atoms with van der Waals surface area (Å²) in [6.07, 6.45) is 0.986. The molecule has 3 aromatic rings. The number of nitrogens with zero attached hydrogens (tertiary/aromatic N) is 3. The number of benzene rings is 3. The molecule has 3 amide bonds. The molecular formula is C36H44N4O6. The first-order valence-electron chi connectivity index (χ1n) is 16.0. The predicted octanol–water partition coefficient (Wildman–Crippen LogP) is 4.86. The van der Waals surface area contributed by atoms with Crippen LogP contribution >= 0.6 is 0 Å². The normalized spacial score (nSPS) is 16.3. The van der Waals surface area contributed by atoms with Crippen molar-refractivity contribution in [2.24, 2.45) is 0 Å². The van der Waals surface area contributed by atoms with E-state index in [4.69, 9.17) is 14.2 Å². The predicted molar refractivity (Wildman–Crippen MR) is 177 cm³/mol. The molecule has 2 aliphatic heterocycles. The maximum atomic E-state index is 14.3. The molecule has 3 aromatic carbocycles. The van der Waals surface area contributed by atoms with E-state index in [-0.39, 0.29) is 30.4 Å². The minimum Gasteiger partial charge on any atom is -0.493 e. The Morgan fingerprint density at radius 1 is 0.870 bits per heavy atom. The van der Waals surface area contributed by atoms with Gasteiger partial charge in [0.25, 0.3) is 11.8 Å². The van der Waals surface area contributed by atoms with Crippen LogP contribution in [0, 0.1) is 0 Å². The molecule has 0 aliphatic carbocycles. The molecule has 1 saturated heterocycles. The van der Waals surface area contributed by atoms with Gasteiger partial charge in [0.2, 0.25) is 5.91 Å². The van der Waals surface area contributed by atoms with Gasteiger partial charge in [-0.15, -0.1) is 0 Å². The van der Waals surface area contributed by atoms with E-state index >= 15 is 0 Å². The van der Waals surface area contributed by atoms with E-state index < -0.39 is 6.04 Å². The van der Waals surface area contributed by atoms with Gasteiger partial charge in [-0.05, 0) is 62.1 Å². The molecule has 10 nitrogen and oxygen atoms in total. The van der Waals surface area contributed by atoms with Crippen LogP contribution in [0.15, 0.2) is 66.7 Å². The van der Waals surface area contributed by atoms with Gasteiger partial charge in [0, 0.05) is 45.4 Å². The van der Waals surface area contributed by atoms with E-state index in [1.165, 1.54) is 10.5 Å². The monoisotopic (exact) mass is 628 g/mol. The summed E-state index contributed by atoms with van der Waals surface area (Å²) >= 11 is 0. The third kappa shape index (κ3) is 7.03. The van der Waals surface area contributed by atoms with Crippen LogP contribution in [0.1, 0.15) is 70.6 Å².